The van der Waals surface area contributed by atoms with Gasteiger partial charge < -0.3 is 10.4 Å². The van der Waals surface area contributed by atoms with Gasteiger partial charge in [0.15, 0.2) is 0 Å². The molecule has 1 fully saturated rings. The SMILES string of the molecule is CCC(CCO)CNC(=O)C1(C#N)CC1. The fourth-order valence-electron chi connectivity index (χ4n) is 1.55. The van der Waals surface area contributed by atoms with Crippen LogP contribution in [0.3, 0.4) is 0 Å². The Morgan fingerprint density at radius 1 is 1.67 bits per heavy atom. The van der Waals surface area contributed by atoms with Gasteiger partial charge in [-0.1, -0.05) is 13.3 Å². The van der Waals surface area contributed by atoms with E-state index in [1.807, 2.05) is 6.92 Å². The second-order valence-electron chi connectivity index (χ2n) is 4.19. The maximum absolute atomic E-state index is 11.6. The summed E-state index contributed by atoms with van der Waals surface area (Å²) in [6.45, 7) is 2.75. The Bertz CT molecular complexity index is 266. The summed E-state index contributed by atoms with van der Waals surface area (Å²) in [6, 6.07) is 2.06. The zero-order valence-corrected chi connectivity index (χ0v) is 9.12. The maximum atomic E-state index is 11.6. The molecule has 0 heterocycles. The Hall–Kier alpha value is -1.08. The monoisotopic (exact) mass is 210 g/mol. The van der Waals surface area contributed by atoms with Crippen LogP contribution in [0.25, 0.3) is 0 Å². The van der Waals surface area contributed by atoms with Gasteiger partial charge >= 0.3 is 0 Å². The van der Waals surface area contributed by atoms with Crippen LogP contribution in [0.1, 0.15) is 32.6 Å². The first kappa shape index (κ1) is 12.0. The minimum atomic E-state index is -0.725. The summed E-state index contributed by atoms with van der Waals surface area (Å²) in [7, 11) is 0. The molecule has 0 aromatic rings. The lowest BCUT2D eigenvalue weighted by atomic mass is 10.0. The molecule has 1 atom stereocenters. The highest BCUT2D eigenvalue weighted by Crippen LogP contribution is 2.44. The third-order valence-corrected chi connectivity index (χ3v) is 3.06. The quantitative estimate of drug-likeness (QED) is 0.681. The van der Waals surface area contributed by atoms with E-state index in [1.54, 1.807) is 0 Å². The number of hydrogen-bond donors (Lipinski definition) is 2. The number of aliphatic hydroxyl groups is 1. The van der Waals surface area contributed by atoms with Crippen molar-refractivity contribution in [1.82, 2.24) is 5.32 Å². The second-order valence-corrected chi connectivity index (χ2v) is 4.19. The molecule has 15 heavy (non-hydrogen) atoms. The smallest absolute Gasteiger partial charge is 0.240 e. The predicted octanol–water partition coefficient (Wildman–Crippen LogP) is 0.815. The van der Waals surface area contributed by atoms with Crippen LogP contribution in [0, 0.1) is 22.7 Å². The molecule has 1 amide bonds. The van der Waals surface area contributed by atoms with Gasteiger partial charge in [-0.05, 0) is 25.2 Å². The van der Waals surface area contributed by atoms with Crippen molar-refractivity contribution in [2.24, 2.45) is 11.3 Å². The van der Waals surface area contributed by atoms with Crippen LogP contribution in [-0.4, -0.2) is 24.2 Å². The van der Waals surface area contributed by atoms with E-state index in [0.29, 0.717) is 31.7 Å². The minimum absolute atomic E-state index is 0.138. The van der Waals surface area contributed by atoms with Crippen molar-refractivity contribution in [2.45, 2.75) is 32.6 Å². The van der Waals surface area contributed by atoms with Crippen molar-refractivity contribution >= 4 is 5.91 Å². The van der Waals surface area contributed by atoms with E-state index in [1.165, 1.54) is 0 Å². The Kier molecular flexibility index (Phi) is 4.10. The van der Waals surface area contributed by atoms with E-state index in [4.69, 9.17) is 10.4 Å². The molecule has 0 bridgehead atoms. The van der Waals surface area contributed by atoms with Gasteiger partial charge in [0.25, 0.3) is 0 Å². The summed E-state index contributed by atoms with van der Waals surface area (Å²) in [5.74, 6) is 0.176. The van der Waals surface area contributed by atoms with Crippen molar-refractivity contribution in [3.8, 4) is 6.07 Å². The Balaban J connectivity index is 2.30. The highest BCUT2D eigenvalue weighted by molar-refractivity contribution is 5.88. The largest absolute Gasteiger partial charge is 0.396 e. The van der Waals surface area contributed by atoms with Crippen molar-refractivity contribution in [2.75, 3.05) is 13.2 Å². The van der Waals surface area contributed by atoms with Gasteiger partial charge in [-0.15, -0.1) is 0 Å². The third kappa shape index (κ3) is 2.93. The average Bonchev–Trinajstić information content (AvgIpc) is 3.04. The fourth-order valence-corrected chi connectivity index (χ4v) is 1.55. The van der Waals surface area contributed by atoms with E-state index >= 15 is 0 Å². The van der Waals surface area contributed by atoms with E-state index in [2.05, 4.69) is 11.4 Å². The molecule has 4 heteroatoms. The minimum Gasteiger partial charge on any atom is -0.396 e. The first-order valence-corrected chi connectivity index (χ1v) is 5.49. The van der Waals surface area contributed by atoms with Crippen molar-refractivity contribution in [3.05, 3.63) is 0 Å². The highest BCUT2D eigenvalue weighted by atomic mass is 16.3. The molecule has 1 aliphatic carbocycles. The number of rotatable bonds is 6. The molecule has 1 saturated carbocycles. The van der Waals surface area contributed by atoms with Crippen LogP contribution < -0.4 is 5.32 Å². The molecule has 1 aliphatic rings. The average molecular weight is 210 g/mol. The van der Waals surface area contributed by atoms with Gasteiger partial charge in [0.05, 0.1) is 6.07 Å². The maximum Gasteiger partial charge on any atom is 0.240 e. The van der Waals surface area contributed by atoms with Crippen LogP contribution in [0.15, 0.2) is 0 Å². The van der Waals surface area contributed by atoms with E-state index in [-0.39, 0.29) is 12.5 Å². The predicted molar refractivity (Wildman–Crippen MR) is 55.8 cm³/mol. The van der Waals surface area contributed by atoms with Gasteiger partial charge in [-0.2, -0.15) is 5.26 Å². The van der Waals surface area contributed by atoms with Gasteiger partial charge in [0, 0.05) is 13.2 Å². The second kappa shape index (κ2) is 5.13. The summed E-state index contributed by atoms with van der Waals surface area (Å²) in [5.41, 5.74) is -0.725. The Morgan fingerprint density at radius 2 is 2.33 bits per heavy atom. The number of carbonyl (C=O) groups excluding carboxylic acids is 1. The highest BCUT2D eigenvalue weighted by Gasteiger charge is 2.50. The van der Waals surface area contributed by atoms with Gasteiger partial charge in [-0.3, -0.25) is 4.79 Å². The molecule has 0 saturated heterocycles. The number of amides is 1. The molecule has 2 N–H and O–H groups in total. The van der Waals surface area contributed by atoms with Gasteiger partial charge in [0.2, 0.25) is 5.91 Å². The van der Waals surface area contributed by atoms with Crippen LogP contribution in [0.5, 0.6) is 0 Å². The number of nitrogens with zero attached hydrogens (tertiary/aromatic N) is 1. The lowest BCUT2D eigenvalue weighted by Crippen LogP contribution is -2.35. The lowest BCUT2D eigenvalue weighted by Gasteiger charge is -2.15. The summed E-state index contributed by atoms with van der Waals surface area (Å²) < 4.78 is 0. The summed E-state index contributed by atoms with van der Waals surface area (Å²) in [6.07, 6.45) is 3.01. The number of carbonyl (C=O) groups is 1. The normalized spacial score (nSPS) is 19.0. The molecule has 84 valence electrons. The molecule has 4 nitrogen and oxygen atoms in total. The van der Waals surface area contributed by atoms with Crippen molar-refractivity contribution < 1.29 is 9.90 Å². The van der Waals surface area contributed by atoms with E-state index in [9.17, 15) is 4.79 Å². The van der Waals surface area contributed by atoms with Crippen molar-refractivity contribution in [1.29, 1.82) is 5.26 Å². The van der Waals surface area contributed by atoms with Crippen LogP contribution in [0.4, 0.5) is 0 Å². The van der Waals surface area contributed by atoms with Gasteiger partial charge in [-0.25, -0.2) is 0 Å². The summed E-state index contributed by atoms with van der Waals surface area (Å²) in [4.78, 5) is 11.6. The molecule has 1 rings (SSSR count). The summed E-state index contributed by atoms with van der Waals surface area (Å²) >= 11 is 0. The number of hydrogen-bond acceptors (Lipinski definition) is 3. The first-order chi connectivity index (χ1) is 7.18. The first-order valence-electron chi connectivity index (χ1n) is 5.49. The molecule has 1 unspecified atom stereocenters. The Morgan fingerprint density at radius 3 is 2.73 bits per heavy atom. The van der Waals surface area contributed by atoms with Crippen LogP contribution >= 0.6 is 0 Å². The summed E-state index contributed by atoms with van der Waals surface area (Å²) in [5, 5.41) is 20.4. The van der Waals surface area contributed by atoms with Crippen molar-refractivity contribution in [3.63, 3.8) is 0 Å². The zero-order valence-electron chi connectivity index (χ0n) is 9.12. The van der Waals surface area contributed by atoms with Crippen LogP contribution in [0.2, 0.25) is 0 Å². The Labute approximate surface area is 90.3 Å². The van der Waals surface area contributed by atoms with Crippen LogP contribution in [-0.2, 0) is 4.79 Å². The molecule has 0 aromatic heterocycles. The molecular weight excluding hydrogens is 192 g/mol. The molecular formula is C11H18N2O2. The van der Waals surface area contributed by atoms with Gasteiger partial charge in [0.1, 0.15) is 5.41 Å². The number of nitrogens with one attached hydrogen (secondary N) is 1. The molecule has 0 spiro atoms. The lowest BCUT2D eigenvalue weighted by molar-refractivity contribution is -0.124. The topological polar surface area (TPSA) is 73.1 Å². The molecule has 0 aliphatic heterocycles. The third-order valence-electron chi connectivity index (χ3n) is 3.06. The van der Waals surface area contributed by atoms with E-state index in [0.717, 1.165) is 6.42 Å². The fraction of sp³-hybridized carbons (Fsp3) is 0.818. The molecule has 0 radical (unpaired) electrons. The molecule has 0 aromatic carbocycles. The number of nitriles is 1. The van der Waals surface area contributed by atoms with E-state index < -0.39 is 5.41 Å². The number of aliphatic hydroxyl groups excluding tert-OH is 1. The standard InChI is InChI=1S/C11H18N2O2/c1-2-9(3-6-14)7-13-10(15)11(8-12)4-5-11/h9,14H,2-7H2,1H3,(H,13,15). The zero-order chi connectivity index (χ0) is 11.3.